The molecule has 4 N–H and O–H groups in total. The minimum atomic E-state index is -0.431. The molecule has 2 rings (SSSR count). The van der Waals surface area contributed by atoms with Crippen LogP contribution in [0.15, 0.2) is 36.7 Å². The molecular formula is C13H14N4O3. The van der Waals surface area contributed by atoms with Gasteiger partial charge >= 0.3 is 0 Å². The third-order valence-corrected chi connectivity index (χ3v) is 2.41. The van der Waals surface area contributed by atoms with E-state index in [1.54, 1.807) is 24.3 Å². The topological polar surface area (TPSA) is 110 Å². The van der Waals surface area contributed by atoms with Crippen molar-refractivity contribution in [2.45, 2.75) is 0 Å². The van der Waals surface area contributed by atoms with Crippen molar-refractivity contribution in [1.29, 1.82) is 0 Å². The maximum atomic E-state index is 11.9. The Bertz CT molecular complexity index is 586. The van der Waals surface area contributed by atoms with Crippen LogP contribution in [-0.2, 0) is 0 Å². The lowest BCUT2D eigenvalue weighted by Gasteiger charge is -2.07. The van der Waals surface area contributed by atoms with Crippen molar-refractivity contribution in [1.82, 2.24) is 9.97 Å². The van der Waals surface area contributed by atoms with Gasteiger partial charge in [0.1, 0.15) is 12.4 Å². The lowest BCUT2D eigenvalue weighted by atomic mass is 10.3. The zero-order valence-electron chi connectivity index (χ0n) is 10.6. The van der Waals surface area contributed by atoms with Gasteiger partial charge in [0.25, 0.3) is 5.91 Å². The van der Waals surface area contributed by atoms with E-state index in [0.29, 0.717) is 11.4 Å². The molecule has 0 saturated heterocycles. The van der Waals surface area contributed by atoms with Crippen molar-refractivity contribution >= 4 is 17.4 Å². The fourth-order valence-corrected chi connectivity index (χ4v) is 1.51. The average Bonchev–Trinajstić information content (AvgIpc) is 2.47. The van der Waals surface area contributed by atoms with Crippen molar-refractivity contribution in [2.75, 3.05) is 24.3 Å². The maximum Gasteiger partial charge on any atom is 0.278 e. The summed E-state index contributed by atoms with van der Waals surface area (Å²) in [6, 6.07) is 6.73. The van der Waals surface area contributed by atoms with Crippen LogP contribution in [0.5, 0.6) is 5.75 Å². The number of nitrogens with two attached hydrogens (primary N) is 1. The smallest absolute Gasteiger partial charge is 0.278 e. The van der Waals surface area contributed by atoms with Gasteiger partial charge in [-0.15, -0.1) is 0 Å². The molecule has 1 aromatic carbocycles. The fraction of sp³-hybridized carbons (Fsp3) is 0.154. The summed E-state index contributed by atoms with van der Waals surface area (Å²) in [7, 11) is 0. The largest absolute Gasteiger partial charge is 0.491 e. The number of nitrogens with one attached hydrogen (secondary N) is 1. The molecule has 0 bridgehead atoms. The molecule has 0 saturated carbocycles. The van der Waals surface area contributed by atoms with E-state index in [-0.39, 0.29) is 24.7 Å². The molecule has 0 aliphatic rings. The molecule has 0 unspecified atom stereocenters. The standard InChI is InChI=1S/C13H14N4O3/c14-12-11(15-5-6-16-12)13(19)17-9-1-3-10(4-2-9)20-8-7-18/h1-6,18H,7-8H2,(H2,14,16)(H,17,19). The first kappa shape index (κ1) is 13.8. The number of rotatable bonds is 5. The Kier molecular flexibility index (Phi) is 4.46. The second-order valence-electron chi connectivity index (χ2n) is 3.84. The van der Waals surface area contributed by atoms with Crippen LogP contribution in [0.3, 0.4) is 0 Å². The Morgan fingerprint density at radius 2 is 1.95 bits per heavy atom. The van der Waals surface area contributed by atoms with E-state index in [4.69, 9.17) is 15.6 Å². The van der Waals surface area contributed by atoms with Gasteiger partial charge in [-0.3, -0.25) is 4.79 Å². The van der Waals surface area contributed by atoms with Crippen molar-refractivity contribution < 1.29 is 14.6 Å². The van der Waals surface area contributed by atoms with Gasteiger partial charge in [0.2, 0.25) is 0 Å². The second-order valence-corrected chi connectivity index (χ2v) is 3.84. The predicted molar refractivity (Wildman–Crippen MR) is 73.4 cm³/mol. The van der Waals surface area contributed by atoms with Gasteiger partial charge in [0, 0.05) is 18.1 Å². The number of hydrogen-bond donors (Lipinski definition) is 3. The van der Waals surface area contributed by atoms with E-state index >= 15 is 0 Å². The van der Waals surface area contributed by atoms with E-state index in [0.717, 1.165) is 0 Å². The van der Waals surface area contributed by atoms with E-state index in [1.165, 1.54) is 12.4 Å². The SMILES string of the molecule is Nc1nccnc1C(=O)Nc1ccc(OCCO)cc1. The van der Waals surface area contributed by atoms with E-state index in [1.807, 2.05) is 0 Å². The summed E-state index contributed by atoms with van der Waals surface area (Å²) in [4.78, 5) is 19.6. The number of carbonyl (C=O) groups is 1. The highest BCUT2D eigenvalue weighted by Crippen LogP contribution is 2.16. The minimum Gasteiger partial charge on any atom is -0.491 e. The number of ether oxygens (including phenoxy) is 1. The van der Waals surface area contributed by atoms with E-state index in [2.05, 4.69) is 15.3 Å². The van der Waals surface area contributed by atoms with Crippen molar-refractivity contribution in [3.8, 4) is 5.75 Å². The van der Waals surface area contributed by atoms with Crippen LogP contribution in [0.1, 0.15) is 10.5 Å². The fourth-order valence-electron chi connectivity index (χ4n) is 1.51. The highest BCUT2D eigenvalue weighted by Gasteiger charge is 2.11. The molecule has 7 nitrogen and oxygen atoms in total. The van der Waals surface area contributed by atoms with Crippen LogP contribution in [0.4, 0.5) is 11.5 Å². The number of aliphatic hydroxyl groups excluding tert-OH is 1. The molecule has 0 aliphatic carbocycles. The van der Waals surface area contributed by atoms with Crippen LogP contribution in [0, 0.1) is 0 Å². The number of carbonyl (C=O) groups excluding carboxylic acids is 1. The Morgan fingerprint density at radius 3 is 2.60 bits per heavy atom. The first-order chi connectivity index (χ1) is 9.70. The number of amides is 1. The summed E-state index contributed by atoms with van der Waals surface area (Å²) in [5, 5.41) is 11.3. The highest BCUT2D eigenvalue weighted by atomic mass is 16.5. The van der Waals surface area contributed by atoms with Gasteiger partial charge in [-0.25, -0.2) is 9.97 Å². The zero-order chi connectivity index (χ0) is 14.4. The monoisotopic (exact) mass is 274 g/mol. The lowest BCUT2D eigenvalue weighted by molar-refractivity contribution is 0.102. The van der Waals surface area contributed by atoms with Crippen LogP contribution in [-0.4, -0.2) is 34.2 Å². The summed E-state index contributed by atoms with van der Waals surface area (Å²) in [6.07, 6.45) is 2.82. The molecule has 0 spiro atoms. The van der Waals surface area contributed by atoms with E-state index in [9.17, 15) is 4.79 Å². The number of nitrogen functional groups attached to an aromatic ring is 1. The van der Waals surface area contributed by atoms with Gasteiger partial charge in [0.15, 0.2) is 11.5 Å². The molecule has 0 atom stereocenters. The quantitative estimate of drug-likeness (QED) is 0.739. The normalized spacial score (nSPS) is 10.1. The first-order valence-corrected chi connectivity index (χ1v) is 5.92. The Labute approximate surface area is 115 Å². The maximum absolute atomic E-state index is 11.9. The molecule has 7 heteroatoms. The summed E-state index contributed by atoms with van der Waals surface area (Å²) in [5.74, 6) is 0.253. The molecule has 0 fully saturated rings. The van der Waals surface area contributed by atoms with Crippen molar-refractivity contribution in [3.05, 3.63) is 42.4 Å². The molecule has 1 heterocycles. The number of aliphatic hydroxyl groups is 1. The summed E-state index contributed by atoms with van der Waals surface area (Å²) >= 11 is 0. The van der Waals surface area contributed by atoms with Gasteiger partial charge in [-0.1, -0.05) is 0 Å². The number of aromatic nitrogens is 2. The van der Waals surface area contributed by atoms with Crippen molar-refractivity contribution in [3.63, 3.8) is 0 Å². The minimum absolute atomic E-state index is 0.0511. The van der Waals surface area contributed by atoms with Crippen molar-refractivity contribution in [2.24, 2.45) is 0 Å². The number of nitrogens with zero attached hydrogens (tertiary/aromatic N) is 2. The highest BCUT2D eigenvalue weighted by molar-refractivity contribution is 6.05. The number of benzene rings is 1. The van der Waals surface area contributed by atoms with Crippen LogP contribution in [0.2, 0.25) is 0 Å². The van der Waals surface area contributed by atoms with Gasteiger partial charge in [-0.2, -0.15) is 0 Å². The second kappa shape index (κ2) is 6.48. The van der Waals surface area contributed by atoms with Crippen LogP contribution in [0.25, 0.3) is 0 Å². The summed E-state index contributed by atoms with van der Waals surface area (Å²) in [5.41, 5.74) is 6.23. The first-order valence-electron chi connectivity index (χ1n) is 5.92. The lowest BCUT2D eigenvalue weighted by Crippen LogP contribution is -2.16. The Morgan fingerprint density at radius 1 is 1.25 bits per heavy atom. The van der Waals surface area contributed by atoms with Gasteiger partial charge in [0.05, 0.1) is 6.61 Å². The number of anilines is 2. The van der Waals surface area contributed by atoms with Crippen LogP contribution >= 0.6 is 0 Å². The zero-order valence-corrected chi connectivity index (χ0v) is 10.6. The van der Waals surface area contributed by atoms with E-state index < -0.39 is 5.91 Å². The summed E-state index contributed by atoms with van der Waals surface area (Å²) < 4.78 is 5.21. The Balaban J connectivity index is 2.03. The summed E-state index contributed by atoms with van der Waals surface area (Å²) in [6.45, 7) is 0.173. The molecule has 0 radical (unpaired) electrons. The predicted octanol–water partition coefficient (Wildman–Crippen LogP) is 0.682. The molecule has 20 heavy (non-hydrogen) atoms. The molecule has 1 aromatic heterocycles. The number of hydrogen-bond acceptors (Lipinski definition) is 6. The molecule has 0 aliphatic heterocycles. The third kappa shape index (κ3) is 3.42. The van der Waals surface area contributed by atoms with Crippen LogP contribution < -0.4 is 15.8 Å². The molecule has 2 aromatic rings. The van der Waals surface area contributed by atoms with Gasteiger partial charge in [-0.05, 0) is 24.3 Å². The third-order valence-electron chi connectivity index (χ3n) is 2.41. The Hall–Kier alpha value is -2.67. The van der Waals surface area contributed by atoms with Gasteiger partial charge < -0.3 is 20.9 Å². The molecule has 1 amide bonds. The molecule has 104 valence electrons. The molecular weight excluding hydrogens is 260 g/mol. The average molecular weight is 274 g/mol.